The molecule has 2 atom stereocenters. The van der Waals surface area contributed by atoms with Crippen molar-refractivity contribution in [3.8, 4) is 11.8 Å². The number of fused-ring (bicyclic) bond motifs is 1. The molecule has 2 aromatic carbocycles. The molecule has 1 fully saturated rings. The minimum Gasteiger partial charge on any atom is -0.369 e. The van der Waals surface area contributed by atoms with Gasteiger partial charge in [0.25, 0.3) is 5.56 Å². The van der Waals surface area contributed by atoms with Gasteiger partial charge in [-0.2, -0.15) is 0 Å². The van der Waals surface area contributed by atoms with Crippen molar-refractivity contribution >= 4 is 17.5 Å². The van der Waals surface area contributed by atoms with Crippen LogP contribution in [-0.2, 0) is 0 Å². The van der Waals surface area contributed by atoms with Crippen LogP contribution in [0.5, 0.6) is 0 Å². The van der Waals surface area contributed by atoms with Gasteiger partial charge in [-0.3, -0.25) is 9.36 Å². The lowest BCUT2D eigenvalue weighted by molar-refractivity contribution is 0.313. The van der Waals surface area contributed by atoms with Crippen LogP contribution in [0.4, 0.5) is 11.4 Å². The van der Waals surface area contributed by atoms with Crippen LogP contribution in [0, 0.1) is 11.8 Å². The second kappa shape index (κ2) is 9.44. The van der Waals surface area contributed by atoms with Crippen LogP contribution < -0.4 is 26.5 Å². The minimum atomic E-state index is -0.886. The van der Waals surface area contributed by atoms with E-state index >= 15 is 0 Å². The third-order valence-corrected chi connectivity index (χ3v) is 6.79. The Labute approximate surface area is 207 Å². The maximum atomic E-state index is 13.0. The molecule has 0 spiro atoms. The summed E-state index contributed by atoms with van der Waals surface area (Å²) in [4.78, 5) is 22.8. The number of nitrogens with zero attached hydrogens (tertiary/aromatic N) is 4. The van der Waals surface area contributed by atoms with Gasteiger partial charge in [-0.25, -0.2) is 4.99 Å². The van der Waals surface area contributed by atoms with E-state index < -0.39 is 5.66 Å². The van der Waals surface area contributed by atoms with Gasteiger partial charge < -0.3 is 15.1 Å². The Hall–Kier alpha value is -3.82. The molecule has 0 radical (unpaired) electrons. The second-order valence-electron chi connectivity index (χ2n) is 9.47. The van der Waals surface area contributed by atoms with Crippen molar-refractivity contribution in [3.05, 3.63) is 93.4 Å². The molecule has 5 rings (SSSR count). The molecule has 2 aliphatic heterocycles. The largest absolute Gasteiger partial charge is 0.369 e. The van der Waals surface area contributed by atoms with Crippen LogP contribution in [0.15, 0.2) is 76.5 Å². The van der Waals surface area contributed by atoms with Crippen molar-refractivity contribution in [2.24, 2.45) is 4.99 Å². The van der Waals surface area contributed by atoms with E-state index in [4.69, 9.17) is 4.99 Å². The Morgan fingerprint density at radius 2 is 1.71 bits per heavy atom. The zero-order valence-electron chi connectivity index (χ0n) is 20.5. The molecular formula is C29H33N5O. The summed E-state index contributed by atoms with van der Waals surface area (Å²) in [6.07, 6.45) is 1.84. The third kappa shape index (κ3) is 4.87. The van der Waals surface area contributed by atoms with Gasteiger partial charge in [-0.1, -0.05) is 36.3 Å². The molecule has 0 aliphatic carbocycles. The number of hydrogen-bond acceptors (Lipinski definition) is 5. The van der Waals surface area contributed by atoms with Crippen molar-refractivity contribution < 1.29 is 1.43 Å². The van der Waals surface area contributed by atoms with E-state index in [9.17, 15) is 4.79 Å². The first-order valence-electron chi connectivity index (χ1n) is 12.1. The lowest BCUT2D eigenvalue weighted by atomic mass is 10.1. The summed E-state index contributed by atoms with van der Waals surface area (Å²) >= 11 is 0. The van der Waals surface area contributed by atoms with Crippen LogP contribution in [0.1, 0.15) is 26.9 Å². The average molecular weight is 468 g/mol. The van der Waals surface area contributed by atoms with Gasteiger partial charge >= 0.3 is 0 Å². The Morgan fingerprint density at radius 1 is 1.00 bits per heavy atom. The summed E-state index contributed by atoms with van der Waals surface area (Å²) in [6.45, 7) is 8.20. The quantitative estimate of drug-likeness (QED) is 0.587. The smallest absolute Gasteiger partial charge is 0.252 e. The highest BCUT2D eigenvalue weighted by Gasteiger charge is 2.23. The molecule has 3 aromatic rings. The molecule has 6 nitrogen and oxygen atoms in total. The fourth-order valence-electron chi connectivity index (χ4n) is 4.70. The summed E-state index contributed by atoms with van der Waals surface area (Å²) < 4.78 is 1.76. The normalized spacial score (nSPS) is 20.4. The lowest BCUT2D eigenvalue weighted by Crippen LogP contribution is -2.47. The first-order chi connectivity index (χ1) is 16.9. The van der Waals surface area contributed by atoms with E-state index in [1.165, 1.54) is 5.69 Å². The van der Waals surface area contributed by atoms with Crippen LogP contribution in [-0.4, -0.2) is 48.4 Å². The number of aromatic nitrogens is 1. The highest BCUT2D eigenvalue weighted by atomic mass is 16.1. The van der Waals surface area contributed by atoms with Crippen LogP contribution in [0.25, 0.3) is 6.08 Å². The van der Waals surface area contributed by atoms with Gasteiger partial charge in [-0.05, 0) is 68.8 Å². The summed E-state index contributed by atoms with van der Waals surface area (Å²) in [5.74, 6) is 6.39. The summed E-state index contributed by atoms with van der Waals surface area (Å²) in [7, 11) is 2.16. The van der Waals surface area contributed by atoms with Crippen LogP contribution >= 0.6 is 0 Å². The molecule has 180 valence electrons. The fourth-order valence-corrected chi connectivity index (χ4v) is 4.70. The Bertz CT molecular complexity index is 1450. The van der Waals surface area contributed by atoms with E-state index in [1.807, 2.05) is 50.3 Å². The molecule has 1 saturated heterocycles. The molecule has 6 heteroatoms. The van der Waals surface area contributed by atoms with Gasteiger partial charge in [0.15, 0.2) is 5.66 Å². The molecule has 0 saturated carbocycles. The van der Waals surface area contributed by atoms with Crippen LogP contribution in [0.2, 0.25) is 0 Å². The highest BCUT2D eigenvalue weighted by molar-refractivity contribution is 5.58. The molecule has 0 amide bonds. The number of hydrogen-bond donors (Lipinski definition) is 1. The van der Waals surface area contributed by atoms with Crippen LogP contribution in [0.3, 0.4) is 0 Å². The summed E-state index contributed by atoms with van der Waals surface area (Å²) in [5.41, 5.74) is 2.86. The average Bonchev–Trinajstić information content (AvgIpc) is 3.03. The Balaban J connectivity index is 0.00000304. The number of rotatable bonds is 5. The monoisotopic (exact) mass is 467 g/mol. The molecular weight excluding hydrogens is 434 g/mol. The third-order valence-electron chi connectivity index (χ3n) is 6.79. The maximum absolute atomic E-state index is 13.0. The summed E-state index contributed by atoms with van der Waals surface area (Å²) in [5, 5.41) is 4.34. The molecule has 1 N–H and O–H groups in total. The van der Waals surface area contributed by atoms with Crippen molar-refractivity contribution in [2.75, 3.05) is 43.4 Å². The molecule has 0 bridgehead atoms. The standard InChI is InChI=1S/C29H31N5O.H2/c1-22(23-8-5-4-6-9-23)34-27(35)16-11-24-10-7-17-29(2,31-28(24)34)30-25-12-14-26(15-13-25)33-20-18-32(3)19-21-33;/h4-6,8-16,22,30H,18-21H2,1-3H3;1H. The lowest BCUT2D eigenvalue weighted by Gasteiger charge is -2.34. The maximum Gasteiger partial charge on any atom is 0.252 e. The van der Waals surface area contributed by atoms with Crippen molar-refractivity contribution in [1.29, 1.82) is 0 Å². The summed E-state index contributed by atoms with van der Waals surface area (Å²) in [6, 6.07) is 21.7. The van der Waals surface area contributed by atoms with Gasteiger partial charge in [0.05, 0.1) is 6.04 Å². The van der Waals surface area contributed by atoms with Crippen molar-refractivity contribution in [2.45, 2.75) is 25.6 Å². The van der Waals surface area contributed by atoms with E-state index in [1.54, 1.807) is 16.7 Å². The number of nitrogens with one attached hydrogen (secondary N) is 1. The number of piperazine rings is 1. The number of pyridine rings is 1. The Kier molecular flexibility index (Phi) is 6.19. The van der Waals surface area contributed by atoms with Gasteiger partial charge in [0.1, 0.15) is 5.49 Å². The zero-order chi connectivity index (χ0) is 24.4. The van der Waals surface area contributed by atoms with Crippen molar-refractivity contribution in [1.82, 2.24) is 9.47 Å². The van der Waals surface area contributed by atoms with Gasteiger partial charge in [0.2, 0.25) is 0 Å². The molecule has 1 aromatic heterocycles. The van der Waals surface area contributed by atoms with Gasteiger partial charge in [-0.15, -0.1) is 0 Å². The van der Waals surface area contributed by atoms with Gasteiger partial charge in [0, 0.05) is 50.3 Å². The predicted molar refractivity (Wildman–Crippen MR) is 144 cm³/mol. The molecule has 3 heterocycles. The number of likely N-dealkylation sites (N-methyl/N-ethyl adjacent to an activating group) is 1. The SMILES string of the molecule is CC(c1ccccc1)n1c(=O)ccc2c1=NC(C)(Nc1ccc(N3CCN(C)CC3)cc1)C#CC=2.[HH]. The highest BCUT2D eigenvalue weighted by Crippen LogP contribution is 2.22. The van der Waals surface area contributed by atoms with E-state index in [0.717, 1.165) is 42.6 Å². The predicted octanol–water partition coefficient (Wildman–Crippen LogP) is 2.70. The molecule has 2 aliphatic rings. The topological polar surface area (TPSA) is 52.9 Å². The fraction of sp³-hybridized carbons (Fsp3) is 0.310. The Morgan fingerprint density at radius 3 is 2.43 bits per heavy atom. The first-order valence-corrected chi connectivity index (χ1v) is 12.1. The number of benzene rings is 2. The molecule has 35 heavy (non-hydrogen) atoms. The first kappa shape index (κ1) is 22.9. The minimum absolute atomic E-state index is 0. The van der Waals surface area contributed by atoms with E-state index in [0.29, 0.717) is 5.49 Å². The molecule has 2 unspecified atom stereocenters. The zero-order valence-corrected chi connectivity index (χ0v) is 20.5. The van der Waals surface area contributed by atoms with E-state index in [-0.39, 0.29) is 13.0 Å². The second-order valence-corrected chi connectivity index (χ2v) is 9.47. The van der Waals surface area contributed by atoms with E-state index in [2.05, 4.69) is 58.3 Å². The van der Waals surface area contributed by atoms with Crippen molar-refractivity contribution in [3.63, 3.8) is 0 Å². The number of anilines is 2.